The molecule has 1 aromatic rings. The predicted molar refractivity (Wildman–Crippen MR) is 106 cm³/mol. The molecule has 0 aliphatic carbocycles. The van der Waals surface area contributed by atoms with E-state index in [1.165, 1.54) is 23.6 Å². The molecule has 2 heterocycles. The van der Waals surface area contributed by atoms with Crippen LogP contribution in [0.4, 0.5) is 0 Å². The lowest BCUT2D eigenvalue weighted by Gasteiger charge is -2.49. The highest BCUT2D eigenvalue weighted by atomic mass is 32.2. The molecule has 8 nitrogen and oxygen atoms in total. The lowest BCUT2D eigenvalue weighted by molar-refractivity contribution is -0.151. The molecule has 9 heteroatoms. The number of rotatable bonds is 7. The number of carboxylic acid groups (broad SMARTS) is 1. The maximum Gasteiger partial charge on any atom is 0.352 e. The van der Waals surface area contributed by atoms with E-state index in [0.717, 1.165) is 5.56 Å². The van der Waals surface area contributed by atoms with Crippen LogP contribution >= 0.6 is 11.8 Å². The minimum Gasteiger partial charge on any atom is -0.477 e. The first-order chi connectivity index (χ1) is 13.8. The summed E-state index contributed by atoms with van der Waals surface area (Å²) in [5.41, 5.74) is 1.06. The van der Waals surface area contributed by atoms with Crippen molar-refractivity contribution in [2.45, 2.75) is 37.6 Å². The van der Waals surface area contributed by atoms with Crippen molar-refractivity contribution in [3.8, 4) is 0 Å². The van der Waals surface area contributed by atoms with Gasteiger partial charge in [0.2, 0.25) is 5.91 Å². The smallest absolute Gasteiger partial charge is 0.352 e. The SMILES string of the molecule is CC[C@H](C(=O)N[C@H]1C(=O)N2C(C(=O)O)=C(COC(C)=O)CS[C@H]12)c1ccccc1. The number of nitrogens with one attached hydrogen (secondary N) is 1. The Balaban J connectivity index is 1.74. The van der Waals surface area contributed by atoms with Gasteiger partial charge in [-0.1, -0.05) is 37.3 Å². The largest absolute Gasteiger partial charge is 0.477 e. The highest BCUT2D eigenvalue weighted by molar-refractivity contribution is 8.00. The molecule has 29 heavy (non-hydrogen) atoms. The van der Waals surface area contributed by atoms with Crippen molar-refractivity contribution in [2.24, 2.45) is 0 Å². The van der Waals surface area contributed by atoms with E-state index >= 15 is 0 Å². The summed E-state index contributed by atoms with van der Waals surface area (Å²) in [7, 11) is 0. The number of esters is 1. The van der Waals surface area contributed by atoms with Gasteiger partial charge in [-0.25, -0.2) is 4.79 Å². The van der Waals surface area contributed by atoms with Crippen LogP contribution in [-0.2, 0) is 23.9 Å². The number of carboxylic acids is 1. The molecule has 0 aromatic heterocycles. The molecule has 2 aliphatic rings. The molecule has 1 fully saturated rings. The van der Waals surface area contributed by atoms with E-state index in [-0.39, 0.29) is 24.1 Å². The van der Waals surface area contributed by atoms with E-state index in [1.54, 1.807) is 0 Å². The fourth-order valence-electron chi connectivity index (χ4n) is 3.49. The van der Waals surface area contributed by atoms with E-state index in [1.807, 2.05) is 37.3 Å². The number of hydrogen-bond donors (Lipinski definition) is 2. The van der Waals surface area contributed by atoms with E-state index in [0.29, 0.717) is 17.7 Å². The Labute approximate surface area is 172 Å². The molecule has 1 saturated heterocycles. The molecule has 0 spiro atoms. The highest BCUT2D eigenvalue weighted by Gasteiger charge is 2.54. The Hall–Kier alpha value is -2.81. The third kappa shape index (κ3) is 4.14. The first-order valence-electron chi connectivity index (χ1n) is 9.23. The first-order valence-corrected chi connectivity index (χ1v) is 10.3. The zero-order chi connectivity index (χ0) is 21.1. The van der Waals surface area contributed by atoms with Gasteiger partial charge >= 0.3 is 11.9 Å². The fraction of sp³-hybridized carbons (Fsp3) is 0.400. The Morgan fingerprint density at radius 3 is 2.59 bits per heavy atom. The molecule has 0 saturated carbocycles. The maximum atomic E-state index is 12.8. The normalized spacial score (nSPS) is 21.7. The first kappa shape index (κ1) is 20.9. The lowest BCUT2D eigenvalue weighted by atomic mass is 9.94. The van der Waals surface area contributed by atoms with Gasteiger partial charge in [0.15, 0.2) is 0 Å². The summed E-state index contributed by atoms with van der Waals surface area (Å²) < 4.78 is 4.91. The number of thioether (sulfide) groups is 1. The summed E-state index contributed by atoms with van der Waals surface area (Å²) in [4.78, 5) is 49.4. The summed E-state index contributed by atoms with van der Waals surface area (Å²) in [6.07, 6.45) is 0.574. The fourth-order valence-corrected chi connectivity index (χ4v) is 4.82. The van der Waals surface area contributed by atoms with Gasteiger partial charge in [-0.2, -0.15) is 0 Å². The van der Waals surface area contributed by atoms with Crippen molar-refractivity contribution in [2.75, 3.05) is 12.4 Å². The van der Waals surface area contributed by atoms with Crippen molar-refractivity contribution in [1.82, 2.24) is 10.2 Å². The average molecular weight is 418 g/mol. The van der Waals surface area contributed by atoms with E-state index in [9.17, 15) is 24.3 Å². The van der Waals surface area contributed by atoms with Crippen LogP contribution in [0.1, 0.15) is 31.7 Å². The van der Waals surface area contributed by atoms with Gasteiger partial charge in [0.25, 0.3) is 5.91 Å². The van der Waals surface area contributed by atoms with E-state index in [2.05, 4.69) is 5.32 Å². The van der Waals surface area contributed by atoms with Crippen LogP contribution in [-0.4, -0.2) is 57.5 Å². The molecular formula is C20H22N2O6S. The number of aliphatic carboxylic acids is 1. The van der Waals surface area contributed by atoms with Gasteiger partial charge < -0.3 is 15.2 Å². The number of benzene rings is 1. The number of β-lactam (4-membered cyclic amide) rings is 1. The lowest BCUT2D eigenvalue weighted by Crippen LogP contribution is -2.71. The molecule has 3 rings (SSSR count). The van der Waals surface area contributed by atoms with Gasteiger partial charge in [0, 0.05) is 18.2 Å². The van der Waals surface area contributed by atoms with Crippen LogP contribution in [0.2, 0.25) is 0 Å². The van der Waals surface area contributed by atoms with Crippen molar-refractivity contribution >= 4 is 35.5 Å². The van der Waals surface area contributed by atoms with Crippen molar-refractivity contribution in [3.05, 3.63) is 47.2 Å². The van der Waals surface area contributed by atoms with E-state index < -0.39 is 29.3 Å². The summed E-state index contributed by atoms with van der Waals surface area (Å²) in [5.74, 6) is -2.61. The van der Waals surface area contributed by atoms with Gasteiger partial charge in [-0.05, 0) is 12.0 Å². The third-order valence-corrected chi connectivity index (χ3v) is 6.26. The molecule has 0 bridgehead atoms. The minimum absolute atomic E-state index is 0.166. The topological polar surface area (TPSA) is 113 Å². The molecule has 0 radical (unpaired) electrons. The number of carbonyl (C=O) groups is 4. The third-order valence-electron chi connectivity index (χ3n) is 4.92. The van der Waals surface area contributed by atoms with Gasteiger partial charge in [0.1, 0.15) is 23.7 Å². The maximum absolute atomic E-state index is 12.8. The van der Waals surface area contributed by atoms with Gasteiger partial charge in [0.05, 0.1) is 5.92 Å². The number of amides is 2. The van der Waals surface area contributed by atoms with Gasteiger partial charge in [-0.3, -0.25) is 19.3 Å². The number of ether oxygens (including phenoxy) is 1. The monoisotopic (exact) mass is 418 g/mol. The van der Waals surface area contributed by atoms with Crippen LogP contribution in [0.15, 0.2) is 41.6 Å². The second-order valence-electron chi connectivity index (χ2n) is 6.81. The van der Waals surface area contributed by atoms with Gasteiger partial charge in [-0.15, -0.1) is 11.8 Å². The Kier molecular flexibility index (Phi) is 6.26. The molecule has 2 N–H and O–H groups in total. The van der Waals surface area contributed by atoms with Crippen LogP contribution < -0.4 is 5.32 Å². The molecule has 0 unspecified atom stereocenters. The summed E-state index contributed by atoms with van der Waals surface area (Å²) in [5, 5.41) is 11.9. The number of nitrogens with zero attached hydrogens (tertiary/aromatic N) is 1. The molecule has 3 atom stereocenters. The second-order valence-corrected chi connectivity index (χ2v) is 7.91. The van der Waals surface area contributed by atoms with Crippen LogP contribution in [0.5, 0.6) is 0 Å². The highest BCUT2D eigenvalue weighted by Crippen LogP contribution is 2.40. The Morgan fingerprint density at radius 2 is 2.00 bits per heavy atom. The summed E-state index contributed by atoms with van der Waals surface area (Å²) in [6.45, 7) is 2.95. The molecule has 154 valence electrons. The van der Waals surface area contributed by atoms with Crippen LogP contribution in [0, 0.1) is 0 Å². The Morgan fingerprint density at radius 1 is 1.31 bits per heavy atom. The number of hydrogen-bond acceptors (Lipinski definition) is 6. The molecular weight excluding hydrogens is 396 g/mol. The average Bonchev–Trinajstić information content (AvgIpc) is 2.70. The zero-order valence-electron chi connectivity index (χ0n) is 16.1. The summed E-state index contributed by atoms with van der Waals surface area (Å²) in [6, 6.07) is 8.53. The molecule has 2 aliphatic heterocycles. The quantitative estimate of drug-likeness (QED) is 0.509. The van der Waals surface area contributed by atoms with Crippen molar-refractivity contribution in [3.63, 3.8) is 0 Å². The molecule has 1 aromatic carbocycles. The van der Waals surface area contributed by atoms with Crippen LogP contribution in [0.3, 0.4) is 0 Å². The predicted octanol–water partition coefficient (Wildman–Crippen LogP) is 1.48. The zero-order valence-corrected chi connectivity index (χ0v) is 16.9. The van der Waals surface area contributed by atoms with E-state index in [4.69, 9.17) is 4.74 Å². The van der Waals surface area contributed by atoms with Crippen molar-refractivity contribution in [1.29, 1.82) is 0 Å². The standard InChI is InChI=1S/C20H22N2O6S/c1-3-14(12-7-5-4-6-8-12)17(24)21-15-18(25)22-16(20(26)27)13(9-28-11(2)23)10-29-19(15)22/h4-8,14-15,19H,3,9-10H2,1-2H3,(H,21,24)(H,26,27)/t14-,15-,19+/m0/s1. The van der Waals surface area contributed by atoms with Crippen molar-refractivity contribution < 1.29 is 29.0 Å². The molecule has 2 amide bonds. The number of fused-ring (bicyclic) bond motifs is 1. The second kappa shape index (κ2) is 8.69. The number of carbonyl (C=O) groups excluding carboxylic acids is 3. The Bertz CT molecular complexity index is 869. The summed E-state index contributed by atoms with van der Waals surface area (Å²) >= 11 is 1.34. The van der Waals surface area contributed by atoms with Crippen LogP contribution in [0.25, 0.3) is 0 Å². The minimum atomic E-state index is -1.26.